The van der Waals surface area contributed by atoms with E-state index in [-0.39, 0.29) is 38.6 Å². The maximum atomic E-state index is 12.8. The van der Waals surface area contributed by atoms with Gasteiger partial charge in [0.25, 0.3) is 0 Å². The van der Waals surface area contributed by atoms with E-state index < -0.39 is 27.9 Å². The fraction of sp³-hybridized carbons (Fsp3) is 0.263. The molecule has 30 heavy (non-hydrogen) atoms. The molecule has 0 saturated heterocycles. The standard InChI is InChI=1S/C19H19Cl3N2O5S/c1-4-29-19(26)14-7-6-13(10-16(14)22)23-18(25)11(2)24(30(3,27)28)17-9-12(20)5-8-15(17)21/h5-11H,4H2,1-3H3,(H,23,25)/t11-/m1/s1. The molecule has 0 fully saturated rings. The van der Waals surface area contributed by atoms with Gasteiger partial charge in [-0.15, -0.1) is 0 Å². The number of rotatable bonds is 7. The van der Waals surface area contributed by atoms with E-state index >= 15 is 0 Å². The molecule has 0 aromatic heterocycles. The van der Waals surface area contributed by atoms with Crippen LogP contribution in [0.1, 0.15) is 24.2 Å². The van der Waals surface area contributed by atoms with E-state index in [0.29, 0.717) is 0 Å². The van der Waals surface area contributed by atoms with Gasteiger partial charge in [0.05, 0.1) is 34.2 Å². The van der Waals surface area contributed by atoms with Gasteiger partial charge in [-0.2, -0.15) is 0 Å². The number of hydrogen-bond acceptors (Lipinski definition) is 5. The lowest BCUT2D eigenvalue weighted by Gasteiger charge is -2.29. The zero-order valence-corrected chi connectivity index (χ0v) is 19.4. The lowest BCUT2D eigenvalue weighted by molar-refractivity contribution is -0.116. The van der Waals surface area contributed by atoms with Crippen LogP contribution in [0.2, 0.25) is 15.1 Å². The molecule has 0 aliphatic heterocycles. The van der Waals surface area contributed by atoms with Crippen LogP contribution in [0.5, 0.6) is 0 Å². The van der Waals surface area contributed by atoms with Crippen LogP contribution in [0.25, 0.3) is 0 Å². The third-order valence-electron chi connectivity index (χ3n) is 3.97. The molecule has 0 aliphatic carbocycles. The van der Waals surface area contributed by atoms with Crippen LogP contribution in [0.3, 0.4) is 0 Å². The molecule has 0 spiro atoms. The second kappa shape index (κ2) is 9.87. The fourth-order valence-corrected chi connectivity index (χ4v) is 4.51. The van der Waals surface area contributed by atoms with E-state index in [0.717, 1.165) is 10.6 Å². The highest BCUT2D eigenvalue weighted by atomic mass is 35.5. The van der Waals surface area contributed by atoms with Crippen LogP contribution in [0.4, 0.5) is 11.4 Å². The Kier molecular flexibility index (Phi) is 7.99. The molecule has 0 radical (unpaired) electrons. The average molecular weight is 494 g/mol. The Bertz CT molecular complexity index is 1080. The Morgan fingerprint density at radius 3 is 2.33 bits per heavy atom. The predicted molar refractivity (Wildman–Crippen MR) is 119 cm³/mol. The topological polar surface area (TPSA) is 92.8 Å². The molecule has 1 amide bonds. The van der Waals surface area contributed by atoms with Crippen molar-refractivity contribution in [2.45, 2.75) is 19.9 Å². The van der Waals surface area contributed by atoms with Gasteiger partial charge in [0.1, 0.15) is 6.04 Å². The zero-order valence-electron chi connectivity index (χ0n) is 16.3. The predicted octanol–water partition coefficient (Wildman–Crippen LogP) is 4.62. The number of ether oxygens (including phenoxy) is 1. The summed E-state index contributed by atoms with van der Waals surface area (Å²) in [6.45, 7) is 3.27. The molecule has 2 aromatic rings. The number of hydrogen-bond donors (Lipinski definition) is 1. The third-order valence-corrected chi connectivity index (χ3v) is 6.06. The van der Waals surface area contributed by atoms with Gasteiger partial charge in [0.15, 0.2) is 0 Å². The van der Waals surface area contributed by atoms with Crippen LogP contribution >= 0.6 is 34.8 Å². The zero-order chi connectivity index (χ0) is 22.6. The van der Waals surface area contributed by atoms with E-state index in [2.05, 4.69) is 5.32 Å². The monoisotopic (exact) mass is 492 g/mol. The first-order chi connectivity index (χ1) is 14.0. The van der Waals surface area contributed by atoms with Crippen LogP contribution in [0.15, 0.2) is 36.4 Å². The summed E-state index contributed by atoms with van der Waals surface area (Å²) in [5, 5.41) is 3.04. The molecule has 1 atom stereocenters. The van der Waals surface area contributed by atoms with Crippen molar-refractivity contribution in [3.63, 3.8) is 0 Å². The van der Waals surface area contributed by atoms with Gasteiger partial charge in [-0.25, -0.2) is 13.2 Å². The number of benzene rings is 2. The van der Waals surface area contributed by atoms with Crippen molar-refractivity contribution < 1.29 is 22.7 Å². The Balaban J connectivity index is 2.31. The first-order valence-electron chi connectivity index (χ1n) is 8.67. The molecule has 0 unspecified atom stereocenters. The van der Waals surface area contributed by atoms with Gasteiger partial charge in [-0.3, -0.25) is 9.10 Å². The highest BCUT2D eigenvalue weighted by molar-refractivity contribution is 7.92. The summed E-state index contributed by atoms with van der Waals surface area (Å²) in [7, 11) is -3.88. The molecule has 7 nitrogen and oxygen atoms in total. The fourth-order valence-electron chi connectivity index (χ4n) is 2.65. The number of nitrogens with one attached hydrogen (secondary N) is 1. The van der Waals surface area contributed by atoms with Crippen LogP contribution in [0, 0.1) is 0 Å². The molecule has 0 bridgehead atoms. The number of sulfonamides is 1. The minimum absolute atomic E-state index is 0.0741. The summed E-state index contributed by atoms with van der Waals surface area (Å²) in [6, 6.07) is 7.37. The van der Waals surface area contributed by atoms with Crippen molar-refractivity contribution in [3.8, 4) is 0 Å². The molecule has 1 N–H and O–H groups in total. The van der Waals surface area contributed by atoms with Crippen molar-refractivity contribution in [2.75, 3.05) is 22.5 Å². The second-order valence-corrected chi connectivity index (χ2v) is 9.35. The molecule has 162 valence electrons. The molecular formula is C19H19Cl3N2O5S. The van der Waals surface area contributed by atoms with Crippen LogP contribution < -0.4 is 9.62 Å². The summed E-state index contributed by atoms with van der Waals surface area (Å²) < 4.78 is 30.6. The number of nitrogens with zero attached hydrogens (tertiary/aromatic N) is 1. The number of carbonyl (C=O) groups is 2. The lowest BCUT2D eigenvalue weighted by atomic mass is 10.2. The molecule has 0 saturated carbocycles. The smallest absolute Gasteiger partial charge is 0.339 e. The van der Waals surface area contributed by atoms with Crippen LogP contribution in [-0.4, -0.2) is 39.2 Å². The minimum atomic E-state index is -3.88. The van der Waals surface area contributed by atoms with Crippen LogP contribution in [-0.2, 0) is 19.6 Å². The maximum absolute atomic E-state index is 12.8. The average Bonchev–Trinajstić information content (AvgIpc) is 2.63. The molecule has 2 aromatic carbocycles. The normalized spacial score (nSPS) is 12.2. The molecule has 0 heterocycles. The molecule has 0 aliphatic rings. The second-order valence-electron chi connectivity index (χ2n) is 6.23. The van der Waals surface area contributed by atoms with Gasteiger partial charge < -0.3 is 10.1 Å². The first kappa shape index (κ1) is 24.3. The largest absolute Gasteiger partial charge is 0.462 e. The molecule has 11 heteroatoms. The highest BCUT2D eigenvalue weighted by Crippen LogP contribution is 2.32. The number of esters is 1. The highest BCUT2D eigenvalue weighted by Gasteiger charge is 2.31. The number of carbonyl (C=O) groups excluding carboxylic acids is 2. The van der Waals surface area contributed by atoms with Gasteiger partial charge in [-0.05, 0) is 50.2 Å². The Morgan fingerprint density at radius 1 is 1.10 bits per heavy atom. The molecular weight excluding hydrogens is 475 g/mol. The van der Waals surface area contributed by atoms with Gasteiger partial charge in [0, 0.05) is 10.7 Å². The summed E-state index contributed by atoms with van der Waals surface area (Å²) in [5.74, 6) is -1.23. The van der Waals surface area contributed by atoms with Gasteiger partial charge in [-0.1, -0.05) is 34.8 Å². The summed E-state index contributed by atoms with van der Waals surface area (Å²) in [5.41, 5.74) is 0.494. The van der Waals surface area contributed by atoms with Crippen molar-refractivity contribution in [3.05, 3.63) is 57.0 Å². The van der Waals surface area contributed by atoms with E-state index in [9.17, 15) is 18.0 Å². The number of halogens is 3. The summed E-state index contributed by atoms with van der Waals surface area (Å²) in [4.78, 5) is 24.6. The maximum Gasteiger partial charge on any atom is 0.339 e. The van der Waals surface area contributed by atoms with Crippen molar-refractivity contribution in [1.29, 1.82) is 0 Å². The number of anilines is 2. The van der Waals surface area contributed by atoms with E-state index in [4.69, 9.17) is 39.5 Å². The van der Waals surface area contributed by atoms with E-state index in [1.165, 1.54) is 43.3 Å². The van der Waals surface area contributed by atoms with Crippen molar-refractivity contribution in [2.24, 2.45) is 0 Å². The van der Waals surface area contributed by atoms with Gasteiger partial charge in [0.2, 0.25) is 15.9 Å². The van der Waals surface area contributed by atoms with E-state index in [1.54, 1.807) is 6.92 Å². The summed E-state index contributed by atoms with van der Waals surface area (Å²) in [6.07, 6.45) is 0.957. The third kappa shape index (κ3) is 5.78. The first-order valence-corrected chi connectivity index (χ1v) is 11.7. The Hall–Kier alpha value is -2.00. The van der Waals surface area contributed by atoms with Crippen molar-refractivity contribution >= 4 is 68.1 Å². The Morgan fingerprint density at radius 2 is 1.77 bits per heavy atom. The van der Waals surface area contributed by atoms with E-state index in [1.807, 2.05) is 0 Å². The SMILES string of the molecule is CCOC(=O)c1ccc(NC(=O)[C@@H](C)N(c2cc(Cl)ccc2Cl)S(C)(=O)=O)cc1Cl. The van der Waals surface area contributed by atoms with Crippen molar-refractivity contribution in [1.82, 2.24) is 0 Å². The Labute approximate surface area is 189 Å². The van der Waals surface area contributed by atoms with Gasteiger partial charge >= 0.3 is 5.97 Å². The minimum Gasteiger partial charge on any atom is -0.462 e. The lowest BCUT2D eigenvalue weighted by Crippen LogP contribution is -2.45. The molecule has 2 rings (SSSR count). The quantitative estimate of drug-likeness (QED) is 0.568. The summed E-state index contributed by atoms with van der Waals surface area (Å²) >= 11 is 18.2. The number of amides is 1.